The van der Waals surface area contributed by atoms with E-state index in [1.54, 1.807) is 37.5 Å². The van der Waals surface area contributed by atoms with Crippen LogP contribution in [0.15, 0.2) is 42.6 Å². The van der Waals surface area contributed by atoms with Crippen molar-refractivity contribution in [2.75, 3.05) is 41.7 Å². The van der Waals surface area contributed by atoms with Crippen molar-refractivity contribution in [2.45, 2.75) is 13.5 Å². The van der Waals surface area contributed by atoms with Gasteiger partial charge in [-0.05, 0) is 12.1 Å². The van der Waals surface area contributed by atoms with Crippen LogP contribution in [0.5, 0.6) is 11.5 Å². The Labute approximate surface area is 195 Å². The van der Waals surface area contributed by atoms with Gasteiger partial charge in [0.05, 0.1) is 37.8 Å². The molecule has 3 aromatic rings. The molecule has 4 rings (SSSR count). The molecule has 0 spiro atoms. The summed E-state index contributed by atoms with van der Waals surface area (Å²) >= 11 is 0. The summed E-state index contributed by atoms with van der Waals surface area (Å²) in [6.45, 7) is 1.47. The number of rotatable bonds is 6. The molecular weight excluding hydrogens is 443 g/mol. The molecule has 176 valence electrons. The van der Waals surface area contributed by atoms with E-state index in [4.69, 9.17) is 9.47 Å². The van der Waals surface area contributed by atoms with E-state index in [9.17, 15) is 9.59 Å². The number of halogens is 1. The fourth-order valence-electron chi connectivity index (χ4n) is 3.59. The lowest BCUT2D eigenvalue weighted by molar-refractivity contribution is -0.114. The number of methoxy groups -OCH3 is 2. The Bertz CT molecular complexity index is 1270. The van der Waals surface area contributed by atoms with Crippen molar-refractivity contribution in [1.82, 2.24) is 9.97 Å². The van der Waals surface area contributed by atoms with Gasteiger partial charge >= 0.3 is 6.03 Å². The molecule has 0 atom stereocenters. The molecule has 11 heteroatoms. The van der Waals surface area contributed by atoms with Crippen LogP contribution in [0.2, 0.25) is 0 Å². The summed E-state index contributed by atoms with van der Waals surface area (Å²) in [6, 6.07) is 9.46. The summed E-state index contributed by atoms with van der Waals surface area (Å²) in [7, 11) is 4.33. The molecule has 34 heavy (non-hydrogen) atoms. The van der Waals surface area contributed by atoms with Crippen molar-refractivity contribution in [1.29, 1.82) is 0 Å². The number of para-hydroxylation sites is 2. The van der Waals surface area contributed by atoms with Gasteiger partial charge in [-0.3, -0.25) is 14.6 Å². The Hall–Kier alpha value is -4.41. The molecule has 2 heterocycles. The third-order valence-corrected chi connectivity index (χ3v) is 5.23. The standard InChI is InChI=1S/C23H23FN6O4/c1-13(31)26-16-7-5-6-8-17(16)27-22-25-11-14-12-30(23(32)29(2)21(14)28-22)18-9-15(33-3)10-19(34-4)20(18)24/h5-11H,12H2,1-4H3,(H,26,31)(H,25,27,28). The minimum absolute atomic E-state index is 0.0186. The van der Waals surface area contributed by atoms with Crippen molar-refractivity contribution in [2.24, 2.45) is 0 Å². The SMILES string of the molecule is COc1cc(OC)c(F)c(N2Cc3cnc(Nc4ccccc4NC(C)=O)nc3N(C)C2=O)c1. The average molecular weight is 466 g/mol. The van der Waals surface area contributed by atoms with Gasteiger partial charge in [-0.1, -0.05) is 12.1 Å². The molecule has 1 aromatic heterocycles. The van der Waals surface area contributed by atoms with Crippen molar-refractivity contribution >= 4 is 40.8 Å². The molecule has 0 radical (unpaired) electrons. The number of anilines is 5. The highest BCUT2D eigenvalue weighted by atomic mass is 19.1. The zero-order valence-electron chi connectivity index (χ0n) is 19.0. The second kappa shape index (κ2) is 9.22. The van der Waals surface area contributed by atoms with Gasteiger partial charge in [0.25, 0.3) is 0 Å². The quantitative estimate of drug-likeness (QED) is 0.567. The van der Waals surface area contributed by atoms with E-state index in [-0.39, 0.29) is 29.8 Å². The molecule has 0 bridgehead atoms. The smallest absolute Gasteiger partial charge is 0.330 e. The molecule has 2 N–H and O–H groups in total. The lowest BCUT2D eigenvalue weighted by atomic mass is 10.1. The van der Waals surface area contributed by atoms with Gasteiger partial charge in [0.1, 0.15) is 11.6 Å². The number of aromatic nitrogens is 2. The second-order valence-electron chi connectivity index (χ2n) is 7.48. The number of carbonyl (C=O) groups excluding carboxylic acids is 2. The first-order valence-corrected chi connectivity index (χ1v) is 10.3. The summed E-state index contributed by atoms with van der Waals surface area (Å²) in [5.74, 6) is 0.0343. The maximum atomic E-state index is 15.0. The number of ether oxygens (including phenoxy) is 2. The summed E-state index contributed by atoms with van der Waals surface area (Å²) in [5, 5.41) is 5.80. The lowest BCUT2D eigenvalue weighted by Gasteiger charge is -2.34. The van der Waals surface area contributed by atoms with Gasteiger partial charge in [-0.2, -0.15) is 4.98 Å². The summed E-state index contributed by atoms with van der Waals surface area (Å²) < 4.78 is 25.3. The normalized spacial score (nSPS) is 12.8. The molecular formula is C23H23FN6O4. The van der Waals surface area contributed by atoms with Crippen molar-refractivity contribution < 1.29 is 23.5 Å². The fraction of sp³-hybridized carbons (Fsp3) is 0.217. The number of nitrogens with one attached hydrogen (secondary N) is 2. The third kappa shape index (κ3) is 4.27. The van der Waals surface area contributed by atoms with Crippen LogP contribution in [-0.2, 0) is 11.3 Å². The van der Waals surface area contributed by atoms with Gasteiger partial charge in [0, 0.05) is 37.9 Å². The molecule has 0 fully saturated rings. The van der Waals surface area contributed by atoms with Crippen LogP contribution in [0.4, 0.5) is 38.0 Å². The number of hydrogen-bond acceptors (Lipinski definition) is 7. The van der Waals surface area contributed by atoms with Gasteiger partial charge in [0.2, 0.25) is 11.9 Å². The predicted molar refractivity (Wildman–Crippen MR) is 126 cm³/mol. The monoisotopic (exact) mass is 466 g/mol. The van der Waals surface area contributed by atoms with Gasteiger partial charge < -0.3 is 20.1 Å². The fourth-order valence-corrected chi connectivity index (χ4v) is 3.59. The molecule has 10 nitrogen and oxygen atoms in total. The van der Waals surface area contributed by atoms with E-state index >= 15 is 4.39 Å². The largest absolute Gasteiger partial charge is 0.497 e. The van der Waals surface area contributed by atoms with Crippen LogP contribution in [-0.4, -0.2) is 43.2 Å². The number of fused-ring (bicyclic) bond motifs is 1. The topological polar surface area (TPSA) is 109 Å². The Balaban J connectivity index is 1.66. The first kappa shape index (κ1) is 22.8. The first-order valence-electron chi connectivity index (χ1n) is 10.3. The molecule has 0 unspecified atom stereocenters. The van der Waals surface area contributed by atoms with Crippen LogP contribution in [0.3, 0.4) is 0 Å². The van der Waals surface area contributed by atoms with E-state index < -0.39 is 11.8 Å². The Morgan fingerprint density at radius 3 is 2.56 bits per heavy atom. The average Bonchev–Trinajstić information content (AvgIpc) is 2.83. The highest BCUT2D eigenvalue weighted by molar-refractivity contribution is 6.05. The maximum absolute atomic E-state index is 15.0. The first-order chi connectivity index (χ1) is 16.3. The predicted octanol–water partition coefficient (Wildman–Crippen LogP) is 3.91. The van der Waals surface area contributed by atoms with Gasteiger partial charge in [-0.15, -0.1) is 0 Å². The minimum atomic E-state index is -0.678. The summed E-state index contributed by atoms with van der Waals surface area (Å²) in [4.78, 5) is 36.0. The van der Waals surface area contributed by atoms with Crippen LogP contribution >= 0.6 is 0 Å². The van der Waals surface area contributed by atoms with Crippen LogP contribution in [0.25, 0.3) is 0 Å². The van der Waals surface area contributed by atoms with Gasteiger partial charge in [0.15, 0.2) is 11.6 Å². The number of hydrogen-bond donors (Lipinski definition) is 2. The highest BCUT2D eigenvalue weighted by Gasteiger charge is 2.33. The third-order valence-electron chi connectivity index (χ3n) is 5.23. The zero-order valence-corrected chi connectivity index (χ0v) is 19.0. The molecule has 2 aromatic carbocycles. The number of amides is 3. The number of nitrogens with zero attached hydrogens (tertiary/aromatic N) is 4. The van der Waals surface area contributed by atoms with Crippen molar-refractivity contribution in [3.63, 3.8) is 0 Å². The van der Waals surface area contributed by atoms with Crippen molar-refractivity contribution in [3.05, 3.63) is 54.0 Å². The maximum Gasteiger partial charge on any atom is 0.330 e. The molecule has 1 aliphatic rings. The Morgan fingerprint density at radius 2 is 1.88 bits per heavy atom. The molecule has 0 saturated carbocycles. The van der Waals surface area contributed by atoms with E-state index in [1.165, 1.54) is 43.1 Å². The summed E-state index contributed by atoms with van der Waals surface area (Å²) in [5.41, 5.74) is 1.79. The minimum Gasteiger partial charge on any atom is -0.497 e. The zero-order chi connectivity index (χ0) is 24.4. The molecule has 0 saturated heterocycles. The van der Waals surface area contributed by atoms with Crippen LogP contribution in [0.1, 0.15) is 12.5 Å². The van der Waals surface area contributed by atoms with E-state index in [1.807, 2.05) is 0 Å². The highest BCUT2D eigenvalue weighted by Crippen LogP contribution is 2.37. The number of benzene rings is 2. The molecule has 3 amide bonds. The number of urea groups is 1. The van der Waals surface area contributed by atoms with Crippen LogP contribution < -0.4 is 29.9 Å². The Morgan fingerprint density at radius 1 is 1.15 bits per heavy atom. The van der Waals surface area contributed by atoms with E-state index in [0.29, 0.717) is 28.5 Å². The van der Waals surface area contributed by atoms with E-state index in [2.05, 4.69) is 20.6 Å². The van der Waals surface area contributed by atoms with Crippen molar-refractivity contribution in [3.8, 4) is 11.5 Å². The van der Waals surface area contributed by atoms with E-state index in [0.717, 1.165) is 0 Å². The second-order valence-corrected chi connectivity index (χ2v) is 7.48. The lowest BCUT2D eigenvalue weighted by Crippen LogP contribution is -2.46. The number of carbonyl (C=O) groups is 2. The summed E-state index contributed by atoms with van der Waals surface area (Å²) in [6.07, 6.45) is 1.57. The van der Waals surface area contributed by atoms with Gasteiger partial charge in [-0.25, -0.2) is 14.2 Å². The van der Waals surface area contributed by atoms with Crippen LogP contribution in [0, 0.1) is 5.82 Å². The Kier molecular flexibility index (Phi) is 6.17. The molecule has 0 aliphatic carbocycles. The molecule has 1 aliphatic heterocycles.